The summed E-state index contributed by atoms with van der Waals surface area (Å²) in [5.41, 5.74) is 9.03. The molecule has 0 radical (unpaired) electrons. The van der Waals surface area contributed by atoms with E-state index in [1.54, 1.807) is 60.7 Å². The molecule has 45 heavy (non-hydrogen) atoms. The van der Waals surface area contributed by atoms with Gasteiger partial charge in [-0.1, -0.05) is 92.7 Å². The molecule has 6 heteroatoms. The molecular weight excluding hydrogens is 578 g/mol. The van der Waals surface area contributed by atoms with Crippen LogP contribution in [0.25, 0.3) is 33.7 Å². The van der Waals surface area contributed by atoms with E-state index >= 15 is 0 Å². The highest BCUT2D eigenvalue weighted by Crippen LogP contribution is 2.50. The van der Waals surface area contributed by atoms with Gasteiger partial charge in [0.05, 0.1) is 21.7 Å². The van der Waals surface area contributed by atoms with Crippen LogP contribution in [0.2, 0.25) is 0 Å². The number of thiazole rings is 1. The van der Waals surface area contributed by atoms with Crippen molar-refractivity contribution in [2.75, 3.05) is 0 Å². The van der Waals surface area contributed by atoms with Crippen molar-refractivity contribution in [1.82, 2.24) is 4.98 Å². The molecule has 8 rings (SSSR count). The minimum atomic E-state index is -0.334. The van der Waals surface area contributed by atoms with Gasteiger partial charge in [0.25, 0.3) is 0 Å². The molecule has 0 unspecified atom stereocenters. The van der Waals surface area contributed by atoms with E-state index < -0.39 is 0 Å². The Bertz CT molecular complexity index is 2210. The van der Waals surface area contributed by atoms with Gasteiger partial charge in [-0.15, -0.1) is 11.3 Å². The second kappa shape index (κ2) is 9.58. The van der Waals surface area contributed by atoms with Gasteiger partial charge in [0.1, 0.15) is 5.01 Å². The average Bonchev–Trinajstić information content (AvgIpc) is 3.69. The number of benzene rings is 4. The third-order valence-electron chi connectivity index (χ3n) is 9.17. The minimum absolute atomic E-state index is 0.151. The largest absolute Gasteiger partial charge is 0.288 e. The second-order valence-electron chi connectivity index (χ2n) is 12.2. The topological polar surface area (TPSA) is 81.2 Å². The molecule has 0 saturated carbocycles. The predicted octanol–water partition coefficient (Wildman–Crippen LogP) is 8.35. The third-order valence-corrected chi connectivity index (χ3v) is 10.3. The molecule has 1 aromatic heterocycles. The maximum absolute atomic E-state index is 13.0. The fourth-order valence-corrected chi connectivity index (χ4v) is 7.84. The fraction of sp³-hybridized carbons (Fsp3) is 0.103. The Kier molecular flexibility index (Phi) is 5.80. The van der Waals surface area contributed by atoms with Crippen molar-refractivity contribution in [2.45, 2.75) is 26.2 Å². The van der Waals surface area contributed by atoms with Crippen LogP contribution in [0.3, 0.4) is 0 Å². The number of ketones is 4. The summed E-state index contributed by atoms with van der Waals surface area (Å²) in [6, 6.07) is 26.4. The number of aromatic nitrogens is 1. The van der Waals surface area contributed by atoms with Gasteiger partial charge in [0, 0.05) is 27.7 Å². The van der Waals surface area contributed by atoms with Gasteiger partial charge in [-0.05, 0) is 58.5 Å². The first-order valence-electron chi connectivity index (χ1n) is 14.7. The van der Waals surface area contributed by atoms with Gasteiger partial charge < -0.3 is 0 Å². The normalized spacial score (nSPS) is 15.7. The van der Waals surface area contributed by atoms with E-state index in [9.17, 15) is 19.2 Å². The molecule has 5 aromatic rings. The fourth-order valence-electron chi connectivity index (χ4n) is 6.83. The summed E-state index contributed by atoms with van der Waals surface area (Å²) in [5.74, 6) is -0.986. The van der Waals surface area contributed by atoms with Crippen molar-refractivity contribution >= 4 is 46.6 Å². The van der Waals surface area contributed by atoms with E-state index in [0.29, 0.717) is 27.3 Å². The van der Waals surface area contributed by atoms with Gasteiger partial charge >= 0.3 is 0 Å². The maximum Gasteiger partial charge on any atom is 0.197 e. The van der Waals surface area contributed by atoms with Gasteiger partial charge in [-0.25, -0.2) is 4.98 Å². The highest BCUT2D eigenvalue weighted by molar-refractivity contribution is 7.16. The summed E-state index contributed by atoms with van der Waals surface area (Å²) in [5, 5.41) is 0.617. The number of aryl methyl sites for hydroxylation is 1. The van der Waals surface area contributed by atoms with Crippen LogP contribution in [0, 0.1) is 6.92 Å². The van der Waals surface area contributed by atoms with Gasteiger partial charge in [-0.3, -0.25) is 19.2 Å². The number of hydrogen-bond acceptors (Lipinski definition) is 6. The SMILES string of the molecule is Cc1nc(C=C2C(=O)c3ccccc3C2=O)sc1-c1ccc2c(c1)C(C)(C)c1cc(C=C3C(=O)c4ccccc4C3=O)ccc1-2. The Labute approximate surface area is 263 Å². The number of Topliss-reactive ketones (excluding diaryl/α,β-unsaturated/α-hetero) is 4. The molecule has 0 aliphatic heterocycles. The lowest BCUT2D eigenvalue weighted by Crippen LogP contribution is -2.15. The molecule has 216 valence electrons. The number of allylic oxidation sites excluding steroid dienone is 2. The molecule has 0 atom stereocenters. The number of nitrogens with zero attached hydrogens (tertiary/aromatic N) is 1. The van der Waals surface area contributed by atoms with Crippen LogP contribution in [-0.4, -0.2) is 28.1 Å². The molecule has 0 saturated heterocycles. The molecule has 0 spiro atoms. The Hall–Kier alpha value is -5.33. The molecule has 0 fully saturated rings. The monoisotopic (exact) mass is 603 g/mol. The van der Waals surface area contributed by atoms with Gasteiger partial charge in [0.15, 0.2) is 23.1 Å². The number of fused-ring (bicyclic) bond motifs is 5. The van der Waals surface area contributed by atoms with Crippen LogP contribution in [0.4, 0.5) is 0 Å². The van der Waals surface area contributed by atoms with Crippen molar-refractivity contribution in [2.24, 2.45) is 0 Å². The predicted molar refractivity (Wildman–Crippen MR) is 176 cm³/mol. The zero-order chi connectivity index (χ0) is 31.2. The third kappa shape index (κ3) is 3.95. The Morgan fingerprint density at radius 1 is 0.600 bits per heavy atom. The molecule has 1 heterocycles. The lowest BCUT2D eigenvalue weighted by molar-refractivity contribution is 0.0975. The minimum Gasteiger partial charge on any atom is -0.288 e. The van der Waals surface area contributed by atoms with E-state index in [-0.39, 0.29) is 39.7 Å². The van der Waals surface area contributed by atoms with E-state index in [0.717, 1.165) is 38.4 Å². The molecule has 4 aromatic carbocycles. The van der Waals surface area contributed by atoms with Gasteiger partial charge in [-0.2, -0.15) is 0 Å². The smallest absolute Gasteiger partial charge is 0.197 e. The molecule has 0 bridgehead atoms. The van der Waals surface area contributed by atoms with Crippen molar-refractivity contribution < 1.29 is 19.2 Å². The lowest BCUT2D eigenvalue weighted by atomic mass is 9.81. The number of carbonyl (C=O) groups is 4. The molecular formula is C39H25NO4S. The van der Waals surface area contributed by atoms with Crippen LogP contribution in [0.15, 0.2) is 96.1 Å². The van der Waals surface area contributed by atoms with E-state index in [1.165, 1.54) is 16.9 Å². The van der Waals surface area contributed by atoms with Crippen LogP contribution in [0.1, 0.15) is 82.7 Å². The van der Waals surface area contributed by atoms with Crippen LogP contribution < -0.4 is 0 Å². The average molecular weight is 604 g/mol. The summed E-state index contributed by atoms with van der Waals surface area (Å²) >= 11 is 1.46. The highest BCUT2D eigenvalue weighted by atomic mass is 32.1. The zero-order valence-electron chi connectivity index (χ0n) is 24.7. The van der Waals surface area contributed by atoms with Crippen molar-refractivity contribution in [3.05, 3.63) is 146 Å². The number of hydrogen-bond donors (Lipinski definition) is 0. The zero-order valence-corrected chi connectivity index (χ0v) is 25.5. The van der Waals surface area contributed by atoms with Crippen LogP contribution >= 0.6 is 11.3 Å². The molecule has 5 nitrogen and oxygen atoms in total. The van der Waals surface area contributed by atoms with E-state index in [4.69, 9.17) is 4.98 Å². The van der Waals surface area contributed by atoms with E-state index in [1.807, 2.05) is 13.0 Å². The number of carbonyl (C=O) groups excluding carboxylic acids is 4. The summed E-state index contributed by atoms with van der Waals surface area (Å²) in [6.45, 7) is 6.31. The van der Waals surface area contributed by atoms with Crippen molar-refractivity contribution in [3.8, 4) is 21.6 Å². The summed E-state index contributed by atoms with van der Waals surface area (Å²) < 4.78 is 0. The molecule has 3 aliphatic rings. The quantitative estimate of drug-likeness (QED) is 0.153. The Balaban J connectivity index is 1.13. The van der Waals surface area contributed by atoms with Crippen molar-refractivity contribution in [1.29, 1.82) is 0 Å². The first kappa shape index (κ1) is 27.2. The Morgan fingerprint density at radius 2 is 1.09 bits per heavy atom. The van der Waals surface area contributed by atoms with Crippen molar-refractivity contribution in [3.63, 3.8) is 0 Å². The summed E-state index contributed by atoms with van der Waals surface area (Å²) in [4.78, 5) is 57.6. The van der Waals surface area contributed by atoms with Crippen LogP contribution in [0.5, 0.6) is 0 Å². The second-order valence-corrected chi connectivity index (χ2v) is 13.2. The molecule has 0 N–H and O–H groups in total. The highest BCUT2D eigenvalue weighted by Gasteiger charge is 2.37. The maximum atomic E-state index is 13.0. The standard InChI is InChI=1S/C39H25NO4S/c1-20-38(45-33(40-20)19-30-36(43)27-10-6-7-11-28(27)37(30)44)22-13-15-24-23-14-12-21(17-31(23)39(2,3)32(24)18-22)16-29-34(41)25-8-4-5-9-26(25)35(29)42/h4-19H,1-3H3. The molecule has 0 amide bonds. The molecule has 3 aliphatic carbocycles. The first-order valence-corrected chi connectivity index (χ1v) is 15.5. The summed E-state index contributed by atoms with van der Waals surface area (Å²) in [7, 11) is 0. The first-order chi connectivity index (χ1) is 21.6. The summed E-state index contributed by atoms with van der Waals surface area (Å²) in [6.07, 6.45) is 3.33. The van der Waals surface area contributed by atoms with E-state index in [2.05, 4.69) is 44.2 Å². The van der Waals surface area contributed by atoms with Gasteiger partial charge in [0.2, 0.25) is 0 Å². The Morgan fingerprint density at radius 3 is 1.64 bits per heavy atom. The number of rotatable bonds is 3. The lowest BCUT2D eigenvalue weighted by Gasteiger charge is -2.22. The van der Waals surface area contributed by atoms with Crippen LogP contribution in [-0.2, 0) is 5.41 Å².